The number of carbonyl (C=O) groups is 1. The molecule has 3 nitrogen and oxygen atoms in total. The van der Waals surface area contributed by atoms with Crippen molar-refractivity contribution in [1.82, 2.24) is 4.98 Å². The third-order valence-corrected chi connectivity index (χ3v) is 2.75. The van der Waals surface area contributed by atoms with Gasteiger partial charge >= 0.3 is 5.97 Å². The number of benzene rings is 1. The first-order valence-electron chi connectivity index (χ1n) is 5.73. The molecule has 88 valence electrons. The monoisotopic (exact) mass is 229 g/mol. The quantitative estimate of drug-likeness (QED) is 0.876. The Bertz CT molecular complexity index is 549. The second-order valence-electron chi connectivity index (χ2n) is 4.23. The average Bonchev–Trinajstić information content (AvgIpc) is 2.29. The second-order valence-corrected chi connectivity index (χ2v) is 4.23. The molecule has 1 heterocycles. The highest BCUT2D eigenvalue weighted by atomic mass is 16.4. The van der Waals surface area contributed by atoms with E-state index in [-0.39, 0.29) is 6.42 Å². The van der Waals surface area contributed by atoms with Crippen LogP contribution in [0.2, 0.25) is 0 Å². The van der Waals surface area contributed by atoms with E-state index in [0.717, 1.165) is 23.0 Å². The average molecular weight is 229 g/mol. The number of pyridine rings is 1. The number of carboxylic acids is 1. The minimum atomic E-state index is -0.733. The van der Waals surface area contributed by atoms with Crippen LogP contribution in [0.15, 0.2) is 30.3 Å². The smallest absolute Gasteiger partial charge is 0.303 e. The summed E-state index contributed by atoms with van der Waals surface area (Å²) in [5.74, 6) is -0.733. The van der Waals surface area contributed by atoms with Gasteiger partial charge in [0.25, 0.3) is 0 Å². The van der Waals surface area contributed by atoms with Crippen molar-refractivity contribution in [3.8, 4) is 0 Å². The van der Waals surface area contributed by atoms with Crippen LogP contribution < -0.4 is 0 Å². The first kappa shape index (κ1) is 11.6. The van der Waals surface area contributed by atoms with Crippen LogP contribution in [-0.2, 0) is 11.2 Å². The van der Waals surface area contributed by atoms with Gasteiger partial charge in [-0.05, 0) is 43.5 Å². The summed E-state index contributed by atoms with van der Waals surface area (Å²) in [5.41, 5.74) is 3.17. The maximum absolute atomic E-state index is 10.4. The maximum Gasteiger partial charge on any atom is 0.303 e. The number of aromatic nitrogens is 1. The zero-order valence-electron chi connectivity index (χ0n) is 9.81. The van der Waals surface area contributed by atoms with Gasteiger partial charge in [-0.15, -0.1) is 0 Å². The number of carboxylic acid groups (broad SMARTS) is 1. The molecule has 0 fully saturated rings. The van der Waals surface area contributed by atoms with E-state index in [2.05, 4.69) is 17.1 Å². The molecule has 2 aromatic rings. The Morgan fingerprint density at radius 1 is 1.29 bits per heavy atom. The van der Waals surface area contributed by atoms with Crippen LogP contribution in [0.3, 0.4) is 0 Å². The molecule has 0 aliphatic carbocycles. The molecule has 0 radical (unpaired) electrons. The molecular weight excluding hydrogens is 214 g/mol. The predicted molar refractivity (Wildman–Crippen MR) is 67.1 cm³/mol. The fourth-order valence-electron chi connectivity index (χ4n) is 1.88. The Morgan fingerprint density at radius 3 is 2.88 bits per heavy atom. The van der Waals surface area contributed by atoms with Crippen LogP contribution in [-0.4, -0.2) is 16.1 Å². The van der Waals surface area contributed by atoms with E-state index in [1.54, 1.807) is 0 Å². The van der Waals surface area contributed by atoms with E-state index >= 15 is 0 Å². The Kier molecular flexibility index (Phi) is 3.38. The van der Waals surface area contributed by atoms with Gasteiger partial charge < -0.3 is 5.11 Å². The SMILES string of the molecule is Cc1ccc2cc(CCCC(=O)O)ccc2n1. The lowest BCUT2D eigenvalue weighted by Crippen LogP contribution is -1.96. The lowest BCUT2D eigenvalue weighted by atomic mass is 10.1. The Balaban J connectivity index is 2.14. The normalized spacial score (nSPS) is 10.6. The minimum Gasteiger partial charge on any atom is -0.481 e. The maximum atomic E-state index is 10.4. The lowest BCUT2D eigenvalue weighted by molar-refractivity contribution is -0.137. The molecule has 0 unspecified atom stereocenters. The molecule has 2 rings (SSSR count). The third kappa shape index (κ3) is 3.03. The summed E-state index contributed by atoms with van der Waals surface area (Å²) < 4.78 is 0. The molecule has 17 heavy (non-hydrogen) atoms. The number of hydrogen-bond acceptors (Lipinski definition) is 2. The standard InChI is InChI=1S/C14H15NO2/c1-10-5-7-12-9-11(3-2-4-14(16)17)6-8-13(12)15-10/h5-9H,2-4H2,1H3,(H,16,17). The zero-order valence-corrected chi connectivity index (χ0v) is 9.81. The second kappa shape index (κ2) is 4.95. The molecule has 0 bridgehead atoms. The summed E-state index contributed by atoms with van der Waals surface area (Å²) in [5, 5.41) is 9.70. The summed E-state index contributed by atoms with van der Waals surface area (Å²) in [6.45, 7) is 1.97. The van der Waals surface area contributed by atoms with Gasteiger partial charge in [0.1, 0.15) is 0 Å². The predicted octanol–water partition coefficient (Wildman–Crippen LogP) is 2.95. The van der Waals surface area contributed by atoms with E-state index in [4.69, 9.17) is 5.11 Å². The molecule has 0 amide bonds. The highest BCUT2D eigenvalue weighted by molar-refractivity contribution is 5.79. The Labute approximate surface area is 100 Å². The van der Waals surface area contributed by atoms with E-state index in [9.17, 15) is 4.79 Å². The molecule has 1 aromatic carbocycles. The number of rotatable bonds is 4. The van der Waals surface area contributed by atoms with Gasteiger partial charge in [0.05, 0.1) is 5.52 Å². The minimum absolute atomic E-state index is 0.226. The molecular formula is C14H15NO2. The molecule has 0 spiro atoms. The number of fused-ring (bicyclic) bond motifs is 1. The highest BCUT2D eigenvalue weighted by Crippen LogP contribution is 2.16. The van der Waals surface area contributed by atoms with Crippen molar-refractivity contribution >= 4 is 16.9 Å². The molecule has 1 aromatic heterocycles. The molecule has 0 saturated carbocycles. The molecule has 0 aliphatic rings. The van der Waals surface area contributed by atoms with Crippen LogP contribution in [0.5, 0.6) is 0 Å². The fourth-order valence-corrected chi connectivity index (χ4v) is 1.88. The van der Waals surface area contributed by atoms with Crippen LogP contribution >= 0.6 is 0 Å². The summed E-state index contributed by atoms with van der Waals surface area (Å²) in [6, 6.07) is 10.2. The molecule has 0 saturated heterocycles. The number of hydrogen-bond donors (Lipinski definition) is 1. The van der Waals surface area contributed by atoms with Crippen LogP contribution in [0, 0.1) is 6.92 Å². The zero-order chi connectivity index (χ0) is 12.3. The van der Waals surface area contributed by atoms with Crippen molar-refractivity contribution in [2.75, 3.05) is 0 Å². The van der Waals surface area contributed by atoms with Gasteiger partial charge in [-0.3, -0.25) is 9.78 Å². The number of aliphatic carboxylic acids is 1. The van der Waals surface area contributed by atoms with Gasteiger partial charge in [0.2, 0.25) is 0 Å². The number of aryl methyl sites for hydroxylation is 2. The van der Waals surface area contributed by atoms with Crippen molar-refractivity contribution in [3.63, 3.8) is 0 Å². The van der Waals surface area contributed by atoms with Crippen LogP contribution in [0.25, 0.3) is 10.9 Å². The molecule has 0 atom stereocenters. The van der Waals surface area contributed by atoms with Crippen molar-refractivity contribution in [1.29, 1.82) is 0 Å². The Morgan fingerprint density at radius 2 is 2.12 bits per heavy atom. The van der Waals surface area contributed by atoms with Crippen LogP contribution in [0.4, 0.5) is 0 Å². The summed E-state index contributed by atoms with van der Waals surface area (Å²) in [4.78, 5) is 14.9. The van der Waals surface area contributed by atoms with E-state index < -0.39 is 5.97 Å². The summed E-state index contributed by atoms with van der Waals surface area (Å²) >= 11 is 0. The van der Waals surface area contributed by atoms with E-state index in [0.29, 0.717) is 6.42 Å². The highest BCUT2D eigenvalue weighted by Gasteiger charge is 2.00. The van der Waals surface area contributed by atoms with Crippen molar-refractivity contribution in [3.05, 3.63) is 41.6 Å². The number of nitrogens with zero attached hydrogens (tertiary/aromatic N) is 1. The lowest BCUT2D eigenvalue weighted by Gasteiger charge is -2.03. The fraction of sp³-hybridized carbons (Fsp3) is 0.286. The van der Waals surface area contributed by atoms with Crippen molar-refractivity contribution in [2.45, 2.75) is 26.2 Å². The first-order valence-corrected chi connectivity index (χ1v) is 5.73. The van der Waals surface area contributed by atoms with Crippen molar-refractivity contribution in [2.24, 2.45) is 0 Å². The first-order chi connectivity index (χ1) is 8.15. The summed E-state index contributed by atoms with van der Waals surface area (Å²) in [6.07, 6.45) is 1.71. The summed E-state index contributed by atoms with van der Waals surface area (Å²) in [7, 11) is 0. The van der Waals surface area contributed by atoms with E-state index in [1.807, 2.05) is 25.1 Å². The van der Waals surface area contributed by atoms with Gasteiger partial charge in [-0.1, -0.05) is 12.1 Å². The third-order valence-electron chi connectivity index (χ3n) is 2.75. The van der Waals surface area contributed by atoms with Gasteiger partial charge in [-0.2, -0.15) is 0 Å². The topological polar surface area (TPSA) is 50.2 Å². The van der Waals surface area contributed by atoms with Gasteiger partial charge in [-0.25, -0.2) is 0 Å². The largest absolute Gasteiger partial charge is 0.481 e. The van der Waals surface area contributed by atoms with E-state index in [1.165, 1.54) is 5.56 Å². The molecule has 1 N–H and O–H groups in total. The molecule has 0 aliphatic heterocycles. The van der Waals surface area contributed by atoms with Gasteiger partial charge in [0, 0.05) is 17.5 Å². The Hall–Kier alpha value is -1.90. The molecule has 3 heteroatoms. The van der Waals surface area contributed by atoms with Crippen LogP contribution in [0.1, 0.15) is 24.1 Å². The van der Waals surface area contributed by atoms with Gasteiger partial charge in [0.15, 0.2) is 0 Å². The van der Waals surface area contributed by atoms with Crippen molar-refractivity contribution < 1.29 is 9.90 Å².